The number of nitrogens with zero attached hydrogens (tertiary/aromatic N) is 1. The summed E-state index contributed by atoms with van der Waals surface area (Å²) in [6.45, 7) is 0. The van der Waals surface area contributed by atoms with E-state index >= 15 is 0 Å². The summed E-state index contributed by atoms with van der Waals surface area (Å²) in [6, 6.07) is 11.1. The Morgan fingerprint density at radius 3 is 2.29 bits per heavy atom. The molecule has 0 bridgehead atoms. The number of rotatable bonds is 5. The highest BCUT2D eigenvalue weighted by atomic mass is 19.1. The largest absolute Gasteiger partial charge is 0.427 e. The molecule has 0 aliphatic heterocycles. The first-order valence-corrected chi connectivity index (χ1v) is 6.24. The first-order chi connectivity index (χ1) is 10.0. The van der Waals surface area contributed by atoms with Gasteiger partial charge in [-0.1, -0.05) is 12.1 Å². The van der Waals surface area contributed by atoms with E-state index in [1.165, 1.54) is 36.4 Å². The Morgan fingerprint density at radius 2 is 1.71 bits per heavy atom. The van der Waals surface area contributed by atoms with E-state index in [-0.39, 0.29) is 23.7 Å². The standard InChI is InChI=1S/C15H12FNO4/c16-12-4-1-11(2-5-12)3-10-15(18)21-14-8-6-13(7-9-14)17(19)20/h1-2,4-9H,3,10H2. The van der Waals surface area contributed by atoms with Crippen LogP contribution in [0.2, 0.25) is 0 Å². The Labute approximate surface area is 120 Å². The van der Waals surface area contributed by atoms with Crippen molar-refractivity contribution in [2.75, 3.05) is 0 Å². The van der Waals surface area contributed by atoms with Crippen molar-refractivity contribution in [3.05, 3.63) is 70.0 Å². The molecule has 0 amide bonds. The van der Waals surface area contributed by atoms with Crippen molar-refractivity contribution in [1.82, 2.24) is 0 Å². The van der Waals surface area contributed by atoms with Crippen LogP contribution in [0.15, 0.2) is 48.5 Å². The van der Waals surface area contributed by atoms with Crippen molar-refractivity contribution >= 4 is 11.7 Å². The number of halogens is 1. The van der Waals surface area contributed by atoms with Crippen LogP contribution in [0.1, 0.15) is 12.0 Å². The van der Waals surface area contributed by atoms with Crippen molar-refractivity contribution in [2.45, 2.75) is 12.8 Å². The zero-order valence-electron chi connectivity index (χ0n) is 11.0. The van der Waals surface area contributed by atoms with Crippen LogP contribution in [0.5, 0.6) is 5.75 Å². The zero-order chi connectivity index (χ0) is 15.2. The molecule has 0 heterocycles. The minimum Gasteiger partial charge on any atom is -0.427 e. The van der Waals surface area contributed by atoms with Crippen LogP contribution in [-0.2, 0) is 11.2 Å². The Hall–Kier alpha value is -2.76. The molecule has 0 fully saturated rings. The lowest BCUT2D eigenvalue weighted by Gasteiger charge is -2.04. The number of benzene rings is 2. The number of nitro benzene ring substituents is 1. The molecule has 0 aliphatic carbocycles. The number of ether oxygens (including phenoxy) is 1. The monoisotopic (exact) mass is 289 g/mol. The summed E-state index contributed by atoms with van der Waals surface area (Å²) < 4.78 is 17.8. The number of non-ortho nitro benzene ring substituents is 1. The van der Waals surface area contributed by atoms with Crippen LogP contribution >= 0.6 is 0 Å². The lowest BCUT2D eigenvalue weighted by molar-refractivity contribution is -0.384. The fourth-order valence-corrected chi connectivity index (χ4v) is 1.72. The third kappa shape index (κ3) is 4.38. The van der Waals surface area contributed by atoms with E-state index in [1.807, 2.05) is 0 Å². The molecule has 0 unspecified atom stereocenters. The molecular formula is C15H12FNO4. The average molecular weight is 289 g/mol. The Morgan fingerprint density at radius 1 is 1.10 bits per heavy atom. The van der Waals surface area contributed by atoms with Crippen molar-refractivity contribution in [3.8, 4) is 5.75 Å². The fourth-order valence-electron chi connectivity index (χ4n) is 1.72. The lowest BCUT2D eigenvalue weighted by Crippen LogP contribution is -2.09. The first kappa shape index (κ1) is 14.6. The maximum Gasteiger partial charge on any atom is 0.311 e. The Balaban J connectivity index is 1.86. The fraction of sp³-hybridized carbons (Fsp3) is 0.133. The summed E-state index contributed by atoms with van der Waals surface area (Å²) in [6.07, 6.45) is 0.578. The van der Waals surface area contributed by atoms with Gasteiger partial charge in [0.25, 0.3) is 5.69 Å². The highest BCUT2D eigenvalue weighted by Crippen LogP contribution is 2.18. The normalized spacial score (nSPS) is 10.1. The summed E-state index contributed by atoms with van der Waals surface area (Å²) in [4.78, 5) is 21.6. The summed E-state index contributed by atoms with van der Waals surface area (Å²) >= 11 is 0. The second-order valence-electron chi connectivity index (χ2n) is 4.35. The SMILES string of the molecule is O=C(CCc1ccc(F)cc1)Oc1ccc([N+](=O)[O-])cc1. The number of hydrogen-bond donors (Lipinski definition) is 0. The van der Waals surface area contributed by atoms with Crippen molar-refractivity contribution in [2.24, 2.45) is 0 Å². The molecule has 0 aliphatic rings. The number of aryl methyl sites for hydroxylation is 1. The van der Waals surface area contributed by atoms with Gasteiger partial charge in [-0.3, -0.25) is 14.9 Å². The smallest absolute Gasteiger partial charge is 0.311 e. The quantitative estimate of drug-likeness (QED) is 0.366. The highest BCUT2D eigenvalue weighted by molar-refractivity contribution is 5.72. The minimum atomic E-state index is -0.528. The second-order valence-corrected chi connectivity index (χ2v) is 4.35. The predicted molar refractivity (Wildman–Crippen MR) is 73.5 cm³/mol. The van der Waals surface area contributed by atoms with E-state index in [1.54, 1.807) is 12.1 Å². The maximum atomic E-state index is 12.7. The van der Waals surface area contributed by atoms with E-state index in [0.29, 0.717) is 6.42 Å². The van der Waals surface area contributed by atoms with Crippen LogP contribution in [0, 0.1) is 15.9 Å². The van der Waals surface area contributed by atoms with Crippen LogP contribution in [0.3, 0.4) is 0 Å². The zero-order valence-corrected chi connectivity index (χ0v) is 11.0. The van der Waals surface area contributed by atoms with Crippen molar-refractivity contribution < 1.29 is 18.8 Å². The van der Waals surface area contributed by atoms with Gasteiger partial charge in [0.15, 0.2) is 0 Å². The van der Waals surface area contributed by atoms with E-state index in [4.69, 9.17) is 4.74 Å². The second kappa shape index (κ2) is 6.60. The van der Waals surface area contributed by atoms with Gasteiger partial charge in [0, 0.05) is 18.6 Å². The minimum absolute atomic E-state index is 0.0684. The summed E-state index contributed by atoms with van der Waals surface area (Å²) in [5.41, 5.74) is 0.762. The summed E-state index contributed by atoms with van der Waals surface area (Å²) in [5.74, 6) is -0.523. The molecule has 2 rings (SSSR count). The van der Waals surface area contributed by atoms with E-state index in [0.717, 1.165) is 5.56 Å². The van der Waals surface area contributed by atoms with Crippen LogP contribution in [0.4, 0.5) is 10.1 Å². The molecule has 0 N–H and O–H groups in total. The number of nitro groups is 1. The van der Waals surface area contributed by atoms with Crippen molar-refractivity contribution in [3.63, 3.8) is 0 Å². The molecule has 2 aromatic rings. The Kier molecular flexibility index (Phi) is 4.61. The van der Waals surface area contributed by atoms with Gasteiger partial charge in [-0.25, -0.2) is 4.39 Å². The molecule has 0 spiro atoms. The molecule has 0 aromatic heterocycles. The van der Waals surface area contributed by atoms with Gasteiger partial charge in [-0.2, -0.15) is 0 Å². The predicted octanol–water partition coefficient (Wildman–Crippen LogP) is 3.27. The number of hydrogen-bond acceptors (Lipinski definition) is 4. The van der Waals surface area contributed by atoms with Crippen LogP contribution < -0.4 is 4.74 Å². The van der Waals surface area contributed by atoms with Gasteiger partial charge in [0.2, 0.25) is 0 Å². The van der Waals surface area contributed by atoms with Gasteiger partial charge in [-0.05, 0) is 36.2 Å². The van der Waals surface area contributed by atoms with E-state index in [2.05, 4.69) is 0 Å². The maximum absolute atomic E-state index is 12.7. The molecule has 0 radical (unpaired) electrons. The number of esters is 1. The molecule has 0 saturated heterocycles. The molecule has 6 heteroatoms. The average Bonchev–Trinajstić information content (AvgIpc) is 2.47. The van der Waals surface area contributed by atoms with Gasteiger partial charge in [0.1, 0.15) is 11.6 Å². The third-order valence-electron chi connectivity index (χ3n) is 2.81. The molecular weight excluding hydrogens is 277 g/mol. The van der Waals surface area contributed by atoms with E-state index < -0.39 is 10.9 Å². The van der Waals surface area contributed by atoms with Gasteiger partial charge in [-0.15, -0.1) is 0 Å². The first-order valence-electron chi connectivity index (χ1n) is 6.24. The molecule has 2 aromatic carbocycles. The number of carbonyl (C=O) groups excluding carboxylic acids is 1. The van der Waals surface area contributed by atoms with Gasteiger partial charge in [0.05, 0.1) is 4.92 Å². The summed E-state index contributed by atoms with van der Waals surface area (Å²) in [5, 5.41) is 10.5. The Bertz CT molecular complexity index is 638. The molecule has 21 heavy (non-hydrogen) atoms. The molecule has 0 saturated carbocycles. The molecule has 5 nitrogen and oxygen atoms in total. The highest BCUT2D eigenvalue weighted by Gasteiger charge is 2.08. The van der Waals surface area contributed by atoms with Gasteiger partial charge >= 0.3 is 5.97 Å². The molecule has 0 atom stereocenters. The molecule has 108 valence electrons. The summed E-state index contributed by atoms with van der Waals surface area (Å²) in [7, 11) is 0. The van der Waals surface area contributed by atoms with E-state index in [9.17, 15) is 19.3 Å². The van der Waals surface area contributed by atoms with Gasteiger partial charge < -0.3 is 4.74 Å². The topological polar surface area (TPSA) is 69.4 Å². The number of carbonyl (C=O) groups is 1. The van der Waals surface area contributed by atoms with Crippen molar-refractivity contribution in [1.29, 1.82) is 0 Å². The third-order valence-corrected chi connectivity index (χ3v) is 2.81. The van der Waals surface area contributed by atoms with Crippen LogP contribution in [0.25, 0.3) is 0 Å². The van der Waals surface area contributed by atoms with Crippen LogP contribution in [-0.4, -0.2) is 10.9 Å². The lowest BCUT2D eigenvalue weighted by atomic mass is 10.1.